The Hall–Kier alpha value is -3.44. The van der Waals surface area contributed by atoms with Crippen molar-refractivity contribution in [3.8, 4) is 0 Å². The number of ether oxygens (including phenoxy) is 3. The number of aromatic nitrogens is 8. The van der Waals surface area contributed by atoms with E-state index in [0.29, 0.717) is 0 Å². The number of H-pyrrole nitrogens is 1. The standard InChI is InChI=1S/C22H30N10O13P2/c1-40-15-14(9(4-41-46(2,36)37)44-21(15)31-6-27-10-16(23)25-5-26-17(10)31)45-47(38,39)42-3-8-12(33)13(34)20(43-8)32-7-28-11-18(32)29-22(24)30-19(11)35/h5-9,12-15,20-21,33-34H,3-4H2,1-2H3,(H,36,37)(H,38,39)(H2,23,25,26)(H3,24,29,30,35)/t8-,9-,12?,13+,14?,15+,20-,21-/m1/s1. The molecular weight excluding hydrogens is 674 g/mol. The number of fused-ring (bicyclic) bond motifs is 2. The molecule has 0 radical (unpaired) electrons. The summed E-state index contributed by atoms with van der Waals surface area (Å²) in [6, 6.07) is 0. The Morgan fingerprint density at radius 2 is 1.57 bits per heavy atom. The summed E-state index contributed by atoms with van der Waals surface area (Å²) in [6.07, 6.45) is -7.35. The van der Waals surface area contributed by atoms with Crippen molar-refractivity contribution in [2.24, 2.45) is 0 Å². The van der Waals surface area contributed by atoms with Gasteiger partial charge in [0.25, 0.3) is 5.56 Å². The van der Waals surface area contributed by atoms with Crippen molar-refractivity contribution in [2.75, 3.05) is 38.5 Å². The Bertz CT molecular complexity index is 1930. The van der Waals surface area contributed by atoms with Crippen molar-refractivity contribution in [3.63, 3.8) is 0 Å². The third-order valence-corrected chi connectivity index (χ3v) is 9.03. The number of phosphoric acid groups is 1. The average molecular weight is 704 g/mol. The van der Waals surface area contributed by atoms with Crippen LogP contribution in [0.25, 0.3) is 22.3 Å². The van der Waals surface area contributed by atoms with Crippen LogP contribution in [0, 0.1) is 0 Å². The first-order valence-electron chi connectivity index (χ1n) is 13.6. The fourth-order valence-electron chi connectivity index (χ4n) is 5.29. The van der Waals surface area contributed by atoms with Crippen LogP contribution in [-0.4, -0.2) is 123 Å². The molecule has 0 saturated carbocycles. The molecule has 9 N–H and O–H groups in total. The molecule has 6 rings (SSSR count). The summed E-state index contributed by atoms with van der Waals surface area (Å²) >= 11 is 0. The van der Waals surface area contributed by atoms with Gasteiger partial charge in [-0.1, -0.05) is 0 Å². The molecular formula is C22H30N10O13P2. The van der Waals surface area contributed by atoms with Crippen LogP contribution in [0.15, 0.2) is 23.8 Å². The molecule has 4 aromatic rings. The second-order valence-corrected chi connectivity index (χ2v) is 13.9. The smallest absolute Gasteiger partial charge is 0.387 e. The highest BCUT2D eigenvalue weighted by Gasteiger charge is 2.52. The molecule has 0 bridgehead atoms. The summed E-state index contributed by atoms with van der Waals surface area (Å²) in [5.74, 6) is -0.154. The second kappa shape index (κ2) is 12.5. The molecule has 25 heteroatoms. The SMILES string of the molecule is CO[C@H]1C(OP(=O)(O)OC[C@H]2O[C@@H](n3cnc4c(=O)[nH]c(N)nc43)[C@@H](O)C2O)[C@@H](COP(C)(=O)O)O[C@H]1n1cnc2c(N)ncnc21. The molecule has 0 aliphatic carbocycles. The number of nitrogens with one attached hydrogen (secondary N) is 1. The molecule has 47 heavy (non-hydrogen) atoms. The highest BCUT2D eigenvalue weighted by molar-refractivity contribution is 7.51. The maximum Gasteiger partial charge on any atom is 0.472 e. The normalized spacial score (nSPS) is 30.6. The lowest BCUT2D eigenvalue weighted by Gasteiger charge is -2.26. The Kier molecular flexibility index (Phi) is 8.93. The molecule has 10 atom stereocenters. The van der Waals surface area contributed by atoms with Gasteiger partial charge in [-0.15, -0.1) is 0 Å². The fraction of sp³-hybridized carbons (Fsp3) is 0.545. The van der Waals surface area contributed by atoms with Gasteiger partial charge >= 0.3 is 15.4 Å². The molecule has 6 heterocycles. The third kappa shape index (κ3) is 6.53. The number of methoxy groups -OCH3 is 1. The highest BCUT2D eigenvalue weighted by Crippen LogP contribution is 2.50. The second-order valence-electron chi connectivity index (χ2n) is 10.6. The van der Waals surface area contributed by atoms with Crippen LogP contribution in [0.1, 0.15) is 12.5 Å². The van der Waals surface area contributed by atoms with E-state index in [2.05, 4.69) is 29.9 Å². The number of hydrogen-bond acceptors (Lipinski definition) is 18. The monoisotopic (exact) mass is 704 g/mol. The zero-order valence-corrected chi connectivity index (χ0v) is 26.2. The summed E-state index contributed by atoms with van der Waals surface area (Å²) in [7, 11) is -7.84. The van der Waals surface area contributed by atoms with Crippen molar-refractivity contribution in [1.29, 1.82) is 0 Å². The first-order chi connectivity index (χ1) is 22.2. The summed E-state index contributed by atoms with van der Waals surface area (Å²) in [4.78, 5) is 55.0. The Morgan fingerprint density at radius 3 is 2.28 bits per heavy atom. The van der Waals surface area contributed by atoms with E-state index >= 15 is 0 Å². The lowest BCUT2D eigenvalue weighted by atomic mass is 10.1. The van der Waals surface area contributed by atoms with Gasteiger partial charge in [0.2, 0.25) is 5.95 Å². The third-order valence-electron chi connectivity index (χ3n) is 7.42. The Labute approximate surface area is 262 Å². The van der Waals surface area contributed by atoms with Crippen LogP contribution >= 0.6 is 15.4 Å². The van der Waals surface area contributed by atoms with E-state index in [4.69, 9.17) is 39.2 Å². The van der Waals surface area contributed by atoms with Crippen molar-refractivity contribution >= 4 is 49.5 Å². The number of aliphatic hydroxyl groups is 2. The number of aromatic amines is 1. The molecule has 23 nitrogen and oxygen atoms in total. The highest BCUT2D eigenvalue weighted by atomic mass is 31.2. The Balaban J connectivity index is 1.20. The predicted octanol–water partition coefficient (Wildman–Crippen LogP) is -2.01. The van der Waals surface area contributed by atoms with Crippen LogP contribution in [-0.2, 0) is 36.9 Å². The maximum absolute atomic E-state index is 13.3. The molecule has 2 aliphatic rings. The fourth-order valence-corrected chi connectivity index (χ4v) is 6.67. The minimum atomic E-state index is -5.07. The molecule has 4 aromatic heterocycles. The summed E-state index contributed by atoms with van der Waals surface area (Å²) in [5, 5.41) is 21.3. The van der Waals surface area contributed by atoms with E-state index in [1.165, 1.54) is 28.9 Å². The zero-order valence-electron chi connectivity index (χ0n) is 24.4. The number of nitrogens with two attached hydrogens (primary N) is 2. The first-order valence-corrected chi connectivity index (χ1v) is 17.1. The van der Waals surface area contributed by atoms with Gasteiger partial charge in [0.05, 0.1) is 25.9 Å². The number of imidazole rings is 2. The minimum Gasteiger partial charge on any atom is -0.387 e. The molecule has 256 valence electrons. The van der Waals surface area contributed by atoms with Crippen LogP contribution in [0.4, 0.5) is 11.8 Å². The van der Waals surface area contributed by atoms with Crippen LogP contribution < -0.4 is 17.0 Å². The van der Waals surface area contributed by atoms with Crippen LogP contribution in [0.5, 0.6) is 0 Å². The van der Waals surface area contributed by atoms with E-state index in [0.717, 1.165) is 13.0 Å². The van der Waals surface area contributed by atoms with Crippen molar-refractivity contribution < 1.29 is 56.9 Å². The van der Waals surface area contributed by atoms with E-state index in [9.17, 15) is 33.9 Å². The minimum absolute atomic E-state index is 0.0470. The molecule has 0 amide bonds. The molecule has 4 unspecified atom stereocenters. The number of anilines is 2. The predicted molar refractivity (Wildman–Crippen MR) is 155 cm³/mol. The van der Waals surface area contributed by atoms with Crippen molar-refractivity contribution in [1.82, 2.24) is 39.0 Å². The lowest BCUT2D eigenvalue weighted by molar-refractivity contribution is -0.0580. The van der Waals surface area contributed by atoms with Gasteiger partial charge < -0.3 is 50.2 Å². The lowest BCUT2D eigenvalue weighted by Crippen LogP contribution is -2.37. The van der Waals surface area contributed by atoms with E-state index in [1.54, 1.807) is 0 Å². The summed E-state index contributed by atoms with van der Waals surface area (Å²) in [6.45, 7) is -0.408. The molecule has 2 saturated heterocycles. The Morgan fingerprint density at radius 1 is 0.915 bits per heavy atom. The van der Waals surface area contributed by atoms with Crippen molar-refractivity contribution in [3.05, 3.63) is 29.3 Å². The number of hydrogen-bond donors (Lipinski definition) is 7. The van der Waals surface area contributed by atoms with Crippen molar-refractivity contribution in [2.45, 2.75) is 49.1 Å². The number of rotatable bonds is 11. The van der Waals surface area contributed by atoms with Gasteiger partial charge in [0.1, 0.15) is 48.5 Å². The molecule has 0 spiro atoms. The number of nitrogen functional groups attached to an aromatic ring is 2. The van der Waals surface area contributed by atoms with Crippen LogP contribution in [0.2, 0.25) is 0 Å². The van der Waals surface area contributed by atoms with Gasteiger partial charge in [0, 0.05) is 13.8 Å². The quantitative estimate of drug-likeness (QED) is 0.0829. The average Bonchev–Trinajstić information content (AvgIpc) is 3.75. The molecule has 2 fully saturated rings. The zero-order chi connectivity index (χ0) is 33.8. The first kappa shape index (κ1) is 33.5. The van der Waals surface area contributed by atoms with Gasteiger partial charge in [-0.05, 0) is 0 Å². The number of aliphatic hydroxyl groups excluding tert-OH is 2. The van der Waals surface area contributed by atoms with Gasteiger partial charge in [-0.25, -0.2) is 24.5 Å². The topological polar surface area (TPSA) is 330 Å². The van der Waals surface area contributed by atoms with E-state index < -0.39 is 83.3 Å². The van der Waals surface area contributed by atoms with E-state index in [1.807, 2.05) is 0 Å². The maximum atomic E-state index is 13.3. The molecule has 0 aromatic carbocycles. The summed E-state index contributed by atoms with van der Waals surface area (Å²) in [5.41, 5.74) is 11.2. The van der Waals surface area contributed by atoms with Crippen LogP contribution in [0.3, 0.4) is 0 Å². The largest absolute Gasteiger partial charge is 0.472 e. The van der Waals surface area contributed by atoms with Gasteiger partial charge in [-0.2, -0.15) is 4.98 Å². The van der Waals surface area contributed by atoms with E-state index in [-0.39, 0.29) is 34.1 Å². The van der Waals surface area contributed by atoms with Gasteiger partial charge in [-0.3, -0.25) is 32.5 Å². The van der Waals surface area contributed by atoms with Gasteiger partial charge in [0.15, 0.2) is 35.1 Å². The molecule has 2 aliphatic heterocycles. The number of phosphoric ester groups is 1. The summed E-state index contributed by atoms with van der Waals surface area (Å²) < 4.78 is 60.7. The number of nitrogens with zero attached hydrogens (tertiary/aromatic N) is 7.